The zero-order chi connectivity index (χ0) is 20.5. The third-order valence-electron chi connectivity index (χ3n) is 4.39. The van der Waals surface area contributed by atoms with Gasteiger partial charge < -0.3 is 9.84 Å². The van der Waals surface area contributed by atoms with Gasteiger partial charge in [-0.15, -0.1) is 0 Å². The van der Waals surface area contributed by atoms with Crippen LogP contribution in [-0.2, 0) is 6.54 Å². The van der Waals surface area contributed by atoms with Crippen molar-refractivity contribution in [2.75, 3.05) is 7.11 Å². The van der Waals surface area contributed by atoms with Crippen LogP contribution in [0.3, 0.4) is 0 Å². The van der Waals surface area contributed by atoms with Crippen molar-refractivity contribution in [2.45, 2.75) is 6.54 Å². The number of aromatic nitrogens is 4. The highest BCUT2D eigenvalue weighted by molar-refractivity contribution is 6.32. The summed E-state index contributed by atoms with van der Waals surface area (Å²) in [6.45, 7) is 0.228. The van der Waals surface area contributed by atoms with E-state index in [0.717, 1.165) is 0 Å². The molecule has 0 amide bonds. The Morgan fingerprint density at radius 3 is 2.72 bits per heavy atom. The molecule has 146 valence electrons. The van der Waals surface area contributed by atoms with E-state index >= 15 is 0 Å². The van der Waals surface area contributed by atoms with Gasteiger partial charge >= 0.3 is 5.97 Å². The lowest BCUT2D eigenvalue weighted by Crippen LogP contribution is -2.08. The van der Waals surface area contributed by atoms with Crippen LogP contribution in [0.1, 0.15) is 16.1 Å². The number of carboxylic acids is 1. The second-order valence-corrected chi connectivity index (χ2v) is 6.68. The summed E-state index contributed by atoms with van der Waals surface area (Å²) < 4.78 is 20.1. The minimum absolute atomic E-state index is 0.0630. The minimum Gasteiger partial charge on any atom is -0.494 e. The van der Waals surface area contributed by atoms with Crippen LogP contribution in [0, 0.1) is 5.82 Å². The quantitative estimate of drug-likeness (QED) is 0.532. The summed E-state index contributed by atoms with van der Waals surface area (Å²) in [5, 5.41) is 14.7. The molecule has 0 bridgehead atoms. The van der Waals surface area contributed by atoms with Crippen molar-refractivity contribution in [3.63, 3.8) is 0 Å². The first-order valence-electron chi connectivity index (χ1n) is 8.49. The standard InChI is InChI=1S/C20H14ClFN4O3/c1-29-18-5-11(2-3-16(18)22)17-9-23-14(8-24-17)10-26-19-12(7-25-26)4-13(21)6-15(19)20(27)28/h2-9H,10H2,1H3,(H,27,28). The molecule has 0 aliphatic heterocycles. The van der Waals surface area contributed by atoms with Crippen LogP contribution in [0.25, 0.3) is 22.2 Å². The van der Waals surface area contributed by atoms with Gasteiger partial charge in [0.25, 0.3) is 0 Å². The third kappa shape index (κ3) is 3.62. The number of halogens is 2. The highest BCUT2D eigenvalue weighted by Gasteiger charge is 2.16. The third-order valence-corrected chi connectivity index (χ3v) is 4.61. The van der Waals surface area contributed by atoms with Crippen molar-refractivity contribution in [3.8, 4) is 17.0 Å². The van der Waals surface area contributed by atoms with E-state index in [-0.39, 0.29) is 17.9 Å². The number of ether oxygens (including phenoxy) is 1. The van der Waals surface area contributed by atoms with Crippen LogP contribution < -0.4 is 4.74 Å². The van der Waals surface area contributed by atoms with E-state index in [1.165, 1.54) is 19.2 Å². The molecular formula is C20H14ClFN4O3. The molecule has 0 saturated heterocycles. The highest BCUT2D eigenvalue weighted by atomic mass is 35.5. The number of hydrogen-bond donors (Lipinski definition) is 1. The average Bonchev–Trinajstić information content (AvgIpc) is 3.10. The fraction of sp³-hybridized carbons (Fsp3) is 0.100. The SMILES string of the molecule is COc1cc(-c2cnc(Cn3ncc4cc(Cl)cc(C(=O)O)c43)cn2)ccc1F. The Bertz CT molecular complexity index is 1220. The second-order valence-electron chi connectivity index (χ2n) is 6.24. The van der Waals surface area contributed by atoms with Crippen LogP contribution in [0.15, 0.2) is 48.9 Å². The average molecular weight is 413 g/mol. The molecule has 0 fully saturated rings. The molecule has 7 nitrogen and oxygen atoms in total. The van der Waals surface area contributed by atoms with Gasteiger partial charge in [0.1, 0.15) is 0 Å². The molecule has 2 aromatic heterocycles. The summed E-state index contributed by atoms with van der Waals surface area (Å²) in [6.07, 6.45) is 4.68. The minimum atomic E-state index is -1.09. The summed E-state index contributed by atoms with van der Waals surface area (Å²) in [6, 6.07) is 7.48. The van der Waals surface area contributed by atoms with Gasteiger partial charge in [-0.25, -0.2) is 9.18 Å². The van der Waals surface area contributed by atoms with Crippen LogP contribution >= 0.6 is 11.6 Å². The van der Waals surface area contributed by atoms with E-state index < -0.39 is 11.8 Å². The lowest BCUT2D eigenvalue weighted by atomic mass is 10.1. The molecule has 9 heteroatoms. The van der Waals surface area contributed by atoms with Crippen LogP contribution in [-0.4, -0.2) is 37.9 Å². The number of aromatic carboxylic acids is 1. The molecular weight excluding hydrogens is 399 g/mol. The maximum atomic E-state index is 13.6. The summed E-state index contributed by atoms with van der Waals surface area (Å²) in [5.74, 6) is -1.43. The van der Waals surface area contributed by atoms with Gasteiger partial charge in [-0.2, -0.15) is 5.10 Å². The van der Waals surface area contributed by atoms with Gasteiger partial charge in [0.2, 0.25) is 0 Å². The molecule has 0 saturated carbocycles. The zero-order valence-electron chi connectivity index (χ0n) is 15.1. The molecule has 0 aliphatic carbocycles. The fourth-order valence-corrected chi connectivity index (χ4v) is 3.26. The maximum Gasteiger partial charge on any atom is 0.337 e. The Morgan fingerprint density at radius 2 is 2.03 bits per heavy atom. The van der Waals surface area contributed by atoms with Gasteiger partial charge in [0, 0.05) is 16.0 Å². The molecule has 0 aliphatic rings. The van der Waals surface area contributed by atoms with Crippen molar-refractivity contribution >= 4 is 28.5 Å². The Balaban J connectivity index is 1.65. The summed E-state index contributed by atoms with van der Waals surface area (Å²) in [4.78, 5) is 20.3. The maximum absolute atomic E-state index is 13.6. The summed E-state index contributed by atoms with van der Waals surface area (Å²) in [7, 11) is 1.39. The number of fused-ring (bicyclic) bond motifs is 1. The predicted molar refractivity (Wildman–Crippen MR) is 105 cm³/mol. The molecule has 0 spiro atoms. The predicted octanol–water partition coefficient (Wildman–Crippen LogP) is 4.04. The van der Waals surface area contributed by atoms with Crippen molar-refractivity contribution in [1.82, 2.24) is 19.7 Å². The Labute approximate surface area is 169 Å². The number of nitrogens with zero attached hydrogens (tertiary/aromatic N) is 4. The van der Waals surface area contributed by atoms with Gasteiger partial charge in [-0.3, -0.25) is 14.6 Å². The van der Waals surface area contributed by atoms with E-state index in [4.69, 9.17) is 16.3 Å². The van der Waals surface area contributed by atoms with Gasteiger partial charge in [0.05, 0.1) is 54.7 Å². The monoisotopic (exact) mass is 412 g/mol. The lowest BCUT2D eigenvalue weighted by molar-refractivity contribution is 0.0698. The van der Waals surface area contributed by atoms with Gasteiger partial charge in [-0.1, -0.05) is 11.6 Å². The molecule has 4 aromatic rings. The molecule has 0 radical (unpaired) electrons. The molecule has 2 heterocycles. The molecule has 29 heavy (non-hydrogen) atoms. The fourth-order valence-electron chi connectivity index (χ4n) is 3.04. The lowest BCUT2D eigenvalue weighted by Gasteiger charge is -2.08. The van der Waals surface area contributed by atoms with E-state index in [0.29, 0.717) is 32.9 Å². The number of hydrogen-bond acceptors (Lipinski definition) is 5. The number of carbonyl (C=O) groups is 1. The Kier molecular flexibility index (Phi) is 4.85. The van der Waals surface area contributed by atoms with E-state index in [1.807, 2.05) is 0 Å². The number of benzene rings is 2. The van der Waals surface area contributed by atoms with Gasteiger partial charge in [0.15, 0.2) is 11.6 Å². The summed E-state index contributed by atoms with van der Waals surface area (Å²) >= 11 is 5.99. The Morgan fingerprint density at radius 1 is 1.21 bits per heavy atom. The van der Waals surface area contributed by atoms with Crippen LogP contribution in [0.2, 0.25) is 5.02 Å². The van der Waals surface area contributed by atoms with Crippen LogP contribution in [0.5, 0.6) is 5.75 Å². The number of carboxylic acid groups (broad SMARTS) is 1. The summed E-state index contributed by atoms with van der Waals surface area (Å²) in [5.41, 5.74) is 2.31. The number of rotatable bonds is 5. The van der Waals surface area contributed by atoms with Gasteiger partial charge in [-0.05, 0) is 30.3 Å². The molecule has 0 unspecified atom stereocenters. The first kappa shape index (κ1) is 18.8. The molecule has 1 N–H and O–H groups in total. The van der Waals surface area contributed by atoms with Crippen LogP contribution in [0.4, 0.5) is 4.39 Å². The number of methoxy groups -OCH3 is 1. The first-order valence-corrected chi connectivity index (χ1v) is 8.87. The van der Waals surface area contributed by atoms with Crippen molar-refractivity contribution < 1.29 is 19.0 Å². The van der Waals surface area contributed by atoms with E-state index in [2.05, 4.69) is 15.1 Å². The second kappa shape index (κ2) is 7.48. The van der Waals surface area contributed by atoms with Crippen molar-refractivity contribution in [2.24, 2.45) is 0 Å². The topological polar surface area (TPSA) is 90.1 Å². The zero-order valence-corrected chi connectivity index (χ0v) is 15.9. The first-order chi connectivity index (χ1) is 14.0. The largest absolute Gasteiger partial charge is 0.494 e. The smallest absolute Gasteiger partial charge is 0.337 e. The molecule has 2 aromatic carbocycles. The van der Waals surface area contributed by atoms with Crippen molar-refractivity contribution in [1.29, 1.82) is 0 Å². The highest BCUT2D eigenvalue weighted by Crippen LogP contribution is 2.26. The van der Waals surface area contributed by atoms with E-state index in [1.54, 1.807) is 41.5 Å². The Hall–Kier alpha value is -3.52. The normalized spacial score (nSPS) is 11.0. The molecule has 4 rings (SSSR count). The molecule has 0 atom stereocenters. The van der Waals surface area contributed by atoms with Crippen molar-refractivity contribution in [3.05, 3.63) is 71.0 Å². The van der Waals surface area contributed by atoms with E-state index in [9.17, 15) is 14.3 Å².